The number of amides is 1. The molecule has 0 saturated carbocycles. The van der Waals surface area contributed by atoms with Crippen LogP contribution in [0, 0.1) is 11.7 Å². The quantitative estimate of drug-likeness (QED) is 0.330. The van der Waals surface area contributed by atoms with Crippen molar-refractivity contribution < 1.29 is 9.18 Å². The number of amidine groups is 1. The zero-order chi connectivity index (χ0) is 22.4. The summed E-state index contributed by atoms with van der Waals surface area (Å²) in [5.74, 6) is 1.64. The van der Waals surface area contributed by atoms with Crippen LogP contribution in [0.25, 0.3) is 0 Å². The van der Waals surface area contributed by atoms with Crippen molar-refractivity contribution in [1.29, 1.82) is 0 Å². The first-order valence-electron chi connectivity index (χ1n) is 10.5. The SMILES string of the molecule is C/C=C(/C)N=C(C)N(C=O)c1ccc(N2CCC(Cc3ccc(Cl)c(F)c3)CC2)nc1. The molecule has 0 unspecified atom stereocenters. The molecular formula is C24H28ClFN4O. The Morgan fingerprint density at radius 2 is 2.03 bits per heavy atom. The Hall–Kier alpha value is -2.73. The molecule has 31 heavy (non-hydrogen) atoms. The van der Waals surface area contributed by atoms with Gasteiger partial charge in [0.1, 0.15) is 17.5 Å². The van der Waals surface area contributed by atoms with Crippen LogP contribution in [0.1, 0.15) is 39.2 Å². The molecule has 1 amide bonds. The summed E-state index contributed by atoms with van der Waals surface area (Å²) >= 11 is 5.78. The lowest BCUT2D eigenvalue weighted by Gasteiger charge is -2.33. The molecule has 5 nitrogen and oxygen atoms in total. The average Bonchev–Trinajstić information content (AvgIpc) is 2.78. The summed E-state index contributed by atoms with van der Waals surface area (Å²) in [6.07, 6.45) is 7.23. The van der Waals surface area contributed by atoms with Gasteiger partial charge in [-0.05, 0) is 75.8 Å². The molecule has 2 heterocycles. The van der Waals surface area contributed by atoms with Gasteiger partial charge in [0.15, 0.2) is 0 Å². The Labute approximate surface area is 188 Å². The highest BCUT2D eigenvalue weighted by atomic mass is 35.5. The molecule has 1 aliphatic heterocycles. The minimum absolute atomic E-state index is 0.166. The van der Waals surface area contributed by atoms with Gasteiger partial charge in [0.25, 0.3) is 0 Å². The van der Waals surface area contributed by atoms with Gasteiger partial charge >= 0.3 is 0 Å². The van der Waals surface area contributed by atoms with Crippen LogP contribution in [0.2, 0.25) is 5.02 Å². The Bertz CT molecular complexity index is 966. The van der Waals surface area contributed by atoms with Crippen LogP contribution in [0.3, 0.4) is 0 Å². The van der Waals surface area contributed by atoms with Crippen molar-refractivity contribution in [3.05, 3.63) is 64.7 Å². The highest BCUT2D eigenvalue weighted by molar-refractivity contribution is 6.30. The third-order valence-corrected chi connectivity index (χ3v) is 5.97. The fraction of sp³-hybridized carbons (Fsp3) is 0.375. The van der Waals surface area contributed by atoms with Crippen LogP contribution in [0.15, 0.2) is 53.3 Å². The molecular weight excluding hydrogens is 415 g/mol. The summed E-state index contributed by atoms with van der Waals surface area (Å²) in [6, 6.07) is 8.90. The van der Waals surface area contributed by atoms with E-state index in [1.54, 1.807) is 19.2 Å². The molecule has 7 heteroatoms. The van der Waals surface area contributed by atoms with Crippen LogP contribution in [0.5, 0.6) is 0 Å². The number of hydrogen-bond acceptors (Lipinski definition) is 4. The second-order valence-electron chi connectivity index (χ2n) is 7.82. The summed E-state index contributed by atoms with van der Waals surface area (Å²) in [7, 11) is 0. The highest BCUT2D eigenvalue weighted by Crippen LogP contribution is 2.27. The number of aromatic nitrogens is 1. The number of rotatable bonds is 6. The third-order valence-electron chi connectivity index (χ3n) is 5.67. The Morgan fingerprint density at radius 1 is 1.29 bits per heavy atom. The lowest BCUT2D eigenvalue weighted by Crippen LogP contribution is -2.35. The Morgan fingerprint density at radius 3 is 2.61 bits per heavy atom. The lowest BCUT2D eigenvalue weighted by molar-refractivity contribution is -0.106. The molecule has 3 rings (SSSR count). The molecule has 1 aliphatic rings. The molecule has 0 bridgehead atoms. The monoisotopic (exact) mass is 442 g/mol. The summed E-state index contributed by atoms with van der Waals surface area (Å²) in [6.45, 7) is 7.38. The lowest BCUT2D eigenvalue weighted by atomic mass is 9.90. The van der Waals surface area contributed by atoms with E-state index in [0.717, 1.165) is 55.8 Å². The van der Waals surface area contributed by atoms with E-state index < -0.39 is 0 Å². The molecule has 1 aromatic heterocycles. The van der Waals surface area contributed by atoms with Crippen LogP contribution < -0.4 is 9.80 Å². The van der Waals surface area contributed by atoms with Crippen molar-refractivity contribution in [2.24, 2.45) is 10.9 Å². The number of allylic oxidation sites excluding steroid dienone is 2. The highest BCUT2D eigenvalue weighted by Gasteiger charge is 2.21. The van der Waals surface area contributed by atoms with Gasteiger partial charge < -0.3 is 4.90 Å². The second-order valence-corrected chi connectivity index (χ2v) is 8.23. The molecule has 1 aromatic carbocycles. The van der Waals surface area contributed by atoms with Gasteiger partial charge in [-0.2, -0.15) is 0 Å². The topological polar surface area (TPSA) is 48.8 Å². The predicted octanol–water partition coefficient (Wildman–Crippen LogP) is 5.64. The average molecular weight is 443 g/mol. The number of nitrogens with zero attached hydrogens (tertiary/aromatic N) is 4. The molecule has 1 saturated heterocycles. The normalized spacial score (nSPS) is 15.8. The van der Waals surface area contributed by atoms with E-state index in [2.05, 4.69) is 14.9 Å². The van der Waals surface area contributed by atoms with Crippen molar-refractivity contribution >= 4 is 35.4 Å². The van der Waals surface area contributed by atoms with E-state index >= 15 is 0 Å². The number of piperidine rings is 1. The number of anilines is 2. The van der Waals surface area contributed by atoms with E-state index in [4.69, 9.17) is 11.6 Å². The van der Waals surface area contributed by atoms with Gasteiger partial charge in [-0.3, -0.25) is 9.69 Å². The smallest absolute Gasteiger partial charge is 0.219 e. The largest absolute Gasteiger partial charge is 0.357 e. The molecule has 0 radical (unpaired) electrons. The fourth-order valence-corrected chi connectivity index (χ4v) is 3.89. The van der Waals surface area contributed by atoms with Gasteiger partial charge in [0, 0.05) is 18.8 Å². The molecule has 0 N–H and O–H groups in total. The van der Waals surface area contributed by atoms with Crippen LogP contribution in [0.4, 0.5) is 15.9 Å². The number of pyridine rings is 1. The number of carbonyl (C=O) groups is 1. The second kappa shape index (κ2) is 10.5. The molecule has 0 aliphatic carbocycles. The maximum Gasteiger partial charge on any atom is 0.219 e. The first kappa shape index (κ1) is 22.9. The number of halogens is 2. The van der Waals surface area contributed by atoms with Crippen LogP contribution >= 0.6 is 11.6 Å². The summed E-state index contributed by atoms with van der Waals surface area (Å²) in [5, 5.41) is 0.166. The fourth-order valence-electron chi connectivity index (χ4n) is 3.77. The maximum atomic E-state index is 13.7. The van der Waals surface area contributed by atoms with Gasteiger partial charge in [0.05, 0.1) is 16.9 Å². The standard InChI is InChI=1S/C24H28ClFN4O/c1-4-17(2)28-18(3)30(16-31)21-6-8-24(27-15-21)29-11-9-19(10-12-29)13-20-5-7-22(25)23(26)14-20/h4-8,14-16,19H,9-13H2,1-3H3/b17-4-,28-18?. The predicted molar refractivity (Wildman–Crippen MR) is 125 cm³/mol. The van der Waals surface area contributed by atoms with Crippen molar-refractivity contribution in [3.8, 4) is 0 Å². The molecule has 2 aromatic rings. The minimum atomic E-state index is -0.355. The third kappa shape index (κ3) is 5.91. The first-order chi connectivity index (χ1) is 14.9. The molecule has 0 spiro atoms. The summed E-state index contributed by atoms with van der Waals surface area (Å²) in [4.78, 5) is 24.3. The number of carbonyl (C=O) groups excluding carboxylic acids is 1. The molecule has 0 atom stereocenters. The Kier molecular flexibility index (Phi) is 7.80. The van der Waals surface area contributed by atoms with Crippen LogP contribution in [-0.2, 0) is 11.2 Å². The number of aliphatic imine (C=N–C) groups is 1. The molecule has 164 valence electrons. The minimum Gasteiger partial charge on any atom is -0.357 e. The number of benzene rings is 1. The van der Waals surface area contributed by atoms with Crippen molar-refractivity contribution in [2.45, 2.75) is 40.0 Å². The maximum absolute atomic E-state index is 13.7. The van der Waals surface area contributed by atoms with Crippen molar-refractivity contribution in [3.63, 3.8) is 0 Å². The summed E-state index contributed by atoms with van der Waals surface area (Å²) < 4.78 is 13.7. The van der Waals surface area contributed by atoms with Gasteiger partial charge in [-0.25, -0.2) is 14.4 Å². The zero-order valence-electron chi connectivity index (χ0n) is 18.2. The summed E-state index contributed by atoms with van der Waals surface area (Å²) in [5.41, 5.74) is 2.52. The van der Waals surface area contributed by atoms with E-state index in [1.807, 2.05) is 38.1 Å². The first-order valence-corrected chi connectivity index (χ1v) is 10.9. The van der Waals surface area contributed by atoms with Crippen molar-refractivity contribution in [2.75, 3.05) is 22.9 Å². The van der Waals surface area contributed by atoms with E-state index in [-0.39, 0.29) is 10.8 Å². The van der Waals surface area contributed by atoms with Crippen LogP contribution in [-0.4, -0.2) is 30.3 Å². The van der Waals surface area contributed by atoms with Crippen molar-refractivity contribution in [1.82, 2.24) is 4.98 Å². The van der Waals surface area contributed by atoms with Gasteiger partial charge in [-0.15, -0.1) is 0 Å². The molecule has 1 fully saturated rings. The van der Waals surface area contributed by atoms with E-state index in [1.165, 1.54) is 11.0 Å². The Balaban J connectivity index is 1.60. The zero-order valence-corrected chi connectivity index (χ0v) is 18.9. The van der Waals surface area contributed by atoms with Gasteiger partial charge in [-0.1, -0.05) is 23.7 Å². The number of hydrogen-bond donors (Lipinski definition) is 0. The van der Waals surface area contributed by atoms with E-state index in [0.29, 0.717) is 17.4 Å². The van der Waals surface area contributed by atoms with Gasteiger partial charge in [0.2, 0.25) is 6.41 Å². The van der Waals surface area contributed by atoms with E-state index in [9.17, 15) is 9.18 Å².